The maximum atomic E-state index is 13.0. The van der Waals surface area contributed by atoms with Crippen molar-refractivity contribution in [2.24, 2.45) is 11.8 Å². The average molecular weight is 492 g/mol. The Kier molecular flexibility index (Phi) is 6.25. The Morgan fingerprint density at radius 2 is 1.52 bits per heavy atom. The molecule has 180 valence electrons. The van der Waals surface area contributed by atoms with Crippen LogP contribution < -0.4 is 4.72 Å². The number of rotatable bonds is 5. The number of fused-ring (bicyclic) bond motifs is 1. The van der Waals surface area contributed by atoms with E-state index in [1.807, 2.05) is 4.90 Å². The van der Waals surface area contributed by atoms with Crippen LogP contribution in [0.3, 0.4) is 0 Å². The van der Waals surface area contributed by atoms with Gasteiger partial charge >= 0.3 is 12.4 Å². The number of nitrogens with one attached hydrogen (secondary N) is 1. The largest absolute Gasteiger partial charge is 0.416 e. The second kappa shape index (κ2) is 8.59. The van der Waals surface area contributed by atoms with Crippen molar-refractivity contribution in [3.63, 3.8) is 0 Å². The minimum absolute atomic E-state index is 0.0589. The lowest BCUT2D eigenvalue weighted by atomic mass is 9.98. The molecule has 0 amide bonds. The van der Waals surface area contributed by atoms with E-state index in [9.17, 15) is 34.8 Å². The number of alkyl halides is 6. The number of hydrogen-bond acceptors (Lipinski definition) is 3. The monoisotopic (exact) mass is 492 g/mol. The second-order valence-corrected chi connectivity index (χ2v) is 10.4. The van der Waals surface area contributed by atoms with Crippen molar-refractivity contribution in [3.05, 3.63) is 65.2 Å². The lowest BCUT2D eigenvalue weighted by molar-refractivity contribution is -0.138. The van der Waals surface area contributed by atoms with E-state index >= 15 is 0 Å². The Balaban J connectivity index is 1.43. The van der Waals surface area contributed by atoms with E-state index in [-0.39, 0.29) is 11.8 Å². The van der Waals surface area contributed by atoms with Gasteiger partial charge in [-0.1, -0.05) is 24.3 Å². The molecule has 0 spiro atoms. The SMILES string of the molecule is O=S(=O)(N[C@@H]1CC[C@@H]2CN(Cc3cccc(C(F)(F)F)c3)C[C@H]21)c1cccc(C(F)(F)F)c1. The molecule has 1 aliphatic heterocycles. The molecule has 2 aliphatic rings. The van der Waals surface area contributed by atoms with Crippen molar-refractivity contribution >= 4 is 10.0 Å². The summed E-state index contributed by atoms with van der Waals surface area (Å²) in [5, 5.41) is 0. The average Bonchev–Trinajstić information content (AvgIpc) is 3.28. The van der Waals surface area contributed by atoms with E-state index in [1.165, 1.54) is 6.07 Å². The number of nitrogens with zero attached hydrogens (tertiary/aromatic N) is 1. The van der Waals surface area contributed by atoms with Crippen molar-refractivity contribution in [2.75, 3.05) is 13.1 Å². The second-order valence-electron chi connectivity index (χ2n) is 8.65. The van der Waals surface area contributed by atoms with Crippen molar-refractivity contribution in [1.29, 1.82) is 0 Å². The quantitative estimate of drug-likeness (QED) is 0.604. The number of benzene rings is 2. The maximum Gasteiger partial charge on any atom is 0.416 e. The Labute approximate surface area is 187 Å². The third kappa shape index (κ3) is 5.36. The molecule has 2 fully saturated rings. The molecule has 1 saturated carbocycles. The number of sulfonamides is 1. The molecule has 2 aromatic rings. The van der Waals surface area contributed by atoms with Crippen LogP contribution in [0, 0.1) is 11.8 Å². The maximum absolute atomic E-state index is 13.0. The zero-order valence-corrected chi connectivity index (χ0v) is 18.1. The Morgan fingerprint density at radius 1 is 0.879 bits per heavy atom. The molecule has 1 N–H and O–H groups in total. The molecule has 1 saturated heterocycles. The molecule has 1 heterocycles. The summed E-state index contributed by atoms with van der Waals surface area (Å²) < 4.78 is 106. The Morgan fingerprint density at radius 3 is 2.18 bits per heavy atom. The van der Waals surface area contributed by atoms with Crippen LogP contribution in [0.2, 0.25) is 0 Å². The minimum atomic E-state index is -4.65. The van der Waals surface area contributed by atoms with E-state index in [1.54, 1.807) is 6.07 Å². The Hall–Kier alpha value is -2.11. The first-order chi connectivity index (χ1) is 15.3. The van der Waals surface area contributed by atoms with Crippen LogP contribution in [0.4, 0.5) is 26.3 Å². The van der Waals surface area contributed by atoms with Crippen LogP contribution in [0.5, 0.6) is 0 Å². The zero-order chi connectivity index (χ0) is 24.0. The molecule has 4 nitrogen and oxygen atoms in total. The van der Waals surface area contributed by atoms with Crippen LogP contribution in [-0.2, 0) is 28.9 Å². The lowest BCUT2D eigenvalue weighted by Crippen LogP contribution is -2.39. The van der Waals surface area contributed by atoms with Gasteiger partial charge in [-0.3, -0.25) is 4.90 Å². The molecule has 3 atom stereocenters. The fraction of sp³-hybridized carbons (Fsp3) is 0.455. The van der Waals surface area contributed by atoms with E-state index in [4.69, 9.17) is 0 Å². The molecule has 4 rings (SSSR count). The van der Waals surface area contributed by atoms with Gasteiger partial charge in [0.2, 0.25) is 10.0 Å². The van der Waals surface area contributed by atoms with Gasteiger partial charge in [0.15, 0.2) is 0 Å². The summed E-state index contributed by atoms with van der Waals surface area (Å²) in [5.74, 6) is 0.112. The zero-order valence-electron chi connectivity index (χ0n) is 17.3. The highest BCUT2D eigenvalue weighted by Crippen LogP contribution is 2.40. The Bertz CT molecular complexity index is 1120. The molecule has 11 heteroatoms. The molecule has 0 aromatic heterocycles. The van der Waals surface area contributed by atoms with E-state index < -0.39 is 44.4 Å². The smallest absolute Gasteiger partial charge is 0.298 e. The molecule has 1 aliphatic carbocycles. The molecule has 2 aromatic carbocycles. The number of hydrogen-bond donors (Lipinski definition) is 1. The fourth-order valence-electron chi connectivity index (χ4n) is 4.84. The summed E-state index contributed by atoms with van der Waals surface area (Å²) in [6.07, 6.45) is -7.78. The molecule has 0 bridgehead atoms. The fourth-order valence-corrected chi connectivity index (χ4v) is 6.21. The van der Waals surface area contributed by atoms with Crippen LogP contribution >= 0.6 is 0 Å². The molecular formula is C22H22F6N2O2S. The third-order valence-electron chi connectivity index (χ3n) is 6.37. The highest BCUT2D eigenvalue weighted by molar-refractivity contribution is 7.89. The van der Waals surface area contributed by atoms with Gasteiger partial charge in [-0.15, -0.1) is 0 Å². The van der Waals surface area contributed by atoms with Gasteiger partial charge in [-0.2, -0.15) is 26.3 Å². The van der Waals surface area contributed by atoms with Crippen molar-refractivity contribution < 1.29 is 34.8 Å². The van der Waals surface area contributed by atoms with Gasteiger partial charge in [0.05, 0.1) is 16.0 Å². The van der Waals surface area contributed by atoms with E-state index in [0.717, 1.165) is 36.8 Å². The van der Waals surface area contributed by atoms with Crippen LogP contribution in [0.1, 0.15) is 29.5 Å². The first-order valence-corrected chi connectivity index (χ1v) is 11.9. The minimum Gasteiger partial charge on any atom is -0.298 e. The van der Waals surface area contributed by atoms with Crippen molar-refractivity contribution in [3.8, 4) is 0 Å². The summed E-state index contributed by atoms with van der Waals surface area (Å²) >= 11 is 0. The van der Waals surface area contributed by atoms with Crippen molar-refractivity contribution in [2.45, 2.75) is 42.7 Å². The van der Waals surface area contributed by atoms with Crippen LogP contribution in [-0.4, -0.2) is 32.4 Å². The summed E-state index contributed by atoms with van der Waals surface area (Å²) in [6.45, 7) is 1.43. The lowest BCUT2D eigenvalue weighted by Gasteiger charge is -2.22. The number of likely N-dealkylation sites (tertiary alicyclic amines) is 1. The predicted octanol–water partition coefficient (Wildman–Crippen LogP) is 4.91. The highest BCUT2D eigenvalue weighted by atomic mass is 32.2. The number of halogens is 6. The summed E-state index contributed by atoms with van der Waals surface area (Å²) in [5.41, 5.74) is -1.24. The van der Waals surface area contributed by atoms with Gasteiger partial charge in [0, 0.05) is 25.7 Å². The summed E-state index contributed by atoms with van der Waals surface area (Å²) in [6, 6.07) is 8.28. The van der Waals surface area contributed by atoms with E-state index in [2.05, 4.69) is 4.72 Å². The van der Waals surface area contributed by atoms with Gasteiger partial charge in [-0.05, 0) is 54.5 Å². The predicted molar refractivity (Wildman–Crippen MR) is 108 cm³/mol. The molecular weight excluding hydrogens is 470 g/mol. The highest BCUT2D eigenvalue weighted by Gasteiger charge is 2.44. The normalized spacial score (nSPS) is 24.2. The topological polar surface area (TPSA) is 49.4 Å². The van der Waals surface area contributed by atoms with Crippen molar-refractivity contribution in [1.82, 2.24) is 9.62 Å². The molecule has 33 heavy (non-hydrogen) atoms. The standard InChI is InChI=1S/C22H22F6N2O2S/c23-21(24,25)16-4-1-3-14(9-16)11-30-12-15-7-8-20(19(15)13-30)29-33(31,32)18-6-2-5-17(10-18)22(26,27)28/h1-6,9-10,15,19-20,29H,7-8,11-13H2/t15-,19-,20-/m1/s1. The molecule has 0 unspecified atom stereocenters. The third-order valence-corrected chi connectivity index (χ3v) is 7.86. The van der Waals surface area contributed by atoms with Gasteiger partial charge in [-0.25, -0.2) is 13.1 Å². The van der Waals surface area contributed by atoms with E-state index in [0.29, 0.717) is 37.7 Å². The first kappa shape index (κ1) is 24.0. The van der Waals surface area contributed by atoms with Crippen LogP contribution in [0.15, 0.2) is 53.4 Å². The van der Waals surface area contributed by atoms with Gasteiger partial charge in [0.1, 0.15) is 0 Å². The van der Waals surface area contributed by atoms with Crippen LogP contribution in [0.25, 0.3) is 0 Å². The summed E-state index contributed by atoms with van der Waals surface area (Å²) in [7, 11) is -4.16. The summed E-state index contributed by atoms with van der Waals surface area (Å²) in [4.78, 5) is 1.55. The van der Waals surface area contributed by atoms with Gasteiger partial charge in [0.25, 0.3) is 0 Å². The van der Waals surface area contributed by atoms with Gasteiger partial charge < -0.3 is 0 Å². The first-order valence-electron chi connectivity index (χ1n) is 10.4. The molecule has 0 radical (unpaired) electrons.